The van der Waals surface area contributed by atoms with Crippen LogP contribution >= 0.6 is 0 Å². The zero-order valence-electron chi connectivity index (χ0n) is 13.6. The van der Waals surface area contributed by atoms with Crippen LogP contribution in [0.15, 0.2) is 27.4 Å². The number of hydrogen-bond donors (Lipinski definition) is 2. The third-order valence-corrected chi connectivity index (χ3v) is 3.39. The monoisotopic (exact) mass is 336 g/mol. The molecule has 0 fully saturated rings. The molecule has 9 heteroatoms. The summed E-state index contributed by atoms with van der Waals surface area (Å²) in [6.45, 7) is 4.26. The molecule has 0 aliphatic heterocycles. The third kappa shape index (κ3) is 4.42. The Morgan fingerprint density at radius 3 is 2.79 bits per heavy atom. The van der Waals surface area contributed by atoms with E-state index in [9.17, 15) is 19.7 Å². The van der Waals surface area contributed by atoms with Crippen molar-refractivity contribution in [1.82, 2.24) is 9.88 Å². The van der Waals surface area contributed by atoms with Gasteiger partial charge in [-0.05, 0) is 26.3 Å². The van der Waals surface area contributed by atoms with Crippen molar-refractivity contribution in [3.8, 4) is 0 Å². The Kier molecular flexibility index (Phi) is 5.03. The quantitative estimate of drug-likeness (QED) is 0.575. The molecule has 2 aromatic rings. The van der Waals surface area contributed by atoms with Gasteiger partial charge in [0.2, 0.25) is 5.91 Å². The smallest absolute Gasteiger partial charge is 0.407 e. The molecule has 1 aromatic heterocycles. The molecule has 0 spiro atoms. The van der Waals surface area contributed by atoms with Crippen LogP contribution in [0.2, 0.25) is 0 Å². The minimum Gasteiger partial charge on any atom is -0.407 e. The predicted molar refractivity (Wildman–Crippen MR) is 87.6 cm³/mol. The normalized spacial score (nSPS) is 11.6. The van der Waals surface area contributed by atoms with Gasteiger partial charge in [-0.3, -0.25) is 19.5 Å². The number of nitro benzene ring substituents is 1. The number of non-ortho nitro benzene ring substituents is 1. The minimum atomic E-state index is -0.603. The maximum atomic E-state index is 11.9. The molecule has 3 N–H and O–H groups in total. The first-order valence-electron chi connectivity index (χ1n) is 7.51. The van der Waals surface area contributed by atoms with Gasteiger partial charge < -0.3 is 15.5 Å². The topological polar surface area (TPSA) is 133 Å². The number of rotatable bonds is 7. The highest BCUT2D eigenvalue weighted by Crippen LogP contribution is 2.20. The molecule has 0 saturated heterocycles. The van der Waals surface area contributed by atoms with Crippen molar-refractivity contribution < 1.29 is 14.1 Å². The number of carbonyl (C=O) groups excluding carboxylic acids is 1. The van der Waals surface area contributed by atoms with E-state index in [0.29, 0.717) is 18.5 Å². The zero-order chi connectivity index (χ0) is 17.9. The summed E-state index contributed by atoms with van der Waals surface area (Å²) in [7, 11) is 0. The Morgan fingerprint density at radius 2 is 2.17 bits per heavy atom. The van der Waals surface area contributed by atoms with Crippen LogP contribution in [0.4, 0.5) is 5.69 Å². The molecule has 0 aliphatic carbocycles. The van der Waals surface area contributed by atoms with Crippen LogP contribution in [0.5, 0.6) is 0 Å². The van der Waals surface area contributed by atoms with Crippen molar-refractivity contribution in [3.63, 3.8) is 0 Å². The predicted octanol–water partition coefficient (Wildman–Crippen LogP) is 1.14. The molecule has 2 rings (SSSR count). The number of fused-ring (bicyclic) bond motifs is 1. The SMILES string of the molecule is CC(C)(N)CNC(=O)CCCn1c(=O)oc2cc([N+](=O)[O-])ccc21. The van der Waals surface area contributed by atoms with Gasteiger partial charge in [-0.2, -0.15) is 0 Å². The van der Waals surface area contributed by atoms with E-state index >= 15 is 0 Å². The number of carbonyl (C=O) groups is 1. The second-order valence-electron chi connectivity index (χ2n) is 6.30. The van der Waals surface area contributed by atoms with E-state index in [0.717, 1.165) is 0 Å². The molecule has 0 bridgehead atoms. The van der Waals surface area contributed by atoms with E-state index in [2.05, 4.69) is 5.32 Å². The molecule has 0 atom stereocenters. The number of aromatic nitrogens is 1. The molecule has 0 radical (unpaired) electrons. The van der Waals surface area contributed by atoms with Gasteiger partial charge in [-0.1, -0.05) is 0 Å². The highest BCUT2D eigenvalue weighted by atomic mass is 16.6. The Hall–Kier alpha value is -2.68. The fourth-order valence-corrected chi connectivity index (χ4v) is 2.19. The van der Waals surface area contributed by atoms with Gasteiger partial charge in [0.25, 0.3) is 5.69 Å². The molecule has 1 aromatic carbocycles. The van der Waals surface area contributed by atoms with Crippen molar-refractivity contribution in [1.29, 1.82) is 0 Å². The number of nitrogens with two attached hydrogens (primary N) is 1. The van der Waals surface area contributed by atoms with Crippen LogP contribution in [0, 0.1) is 10.1 Å². The lowest BCUT2D eigenvalue weighted by Gasteiger charge is -2.18. The van der Waals surface area contributed by atoms with Gasteiger partial charge in [0, 0.05) is 31.1 Å². The van der Waals surface area contributed by atoms with Gasteiger partial charge in [0.15, 0.2) is 5.58 Å². The highest BCUT2D eigenvalue weighted by molar-refractivity contribution is 5.76. The largest absolute Gasteiger partial charge is 0.419 e. The van der Waals surface area contributed by atoms with E-state index < -0.39 is 16.2 Å². The molecule has 24 heavy (non-hydrogen) atoms. The lowest BCUT2D eigenvalue weighted by atomic mass is 10.1. The lowest BCUT2D eigenvalue weighted by molar-refractivity contribution is -0.384. The summed E-state index contributed by atoms with van der Waals surface area (Å²) < 4.78 is 6.39. The summed E-state index contributed by atoms with van der Waals surface area (Å²) in [5, 5.41) is 13.5. The van der Waals surface area contributed by atoms with Crippen LogP contribution in [-0.4, -0.2) is 27.5 Å². The molecule has 0 aliphatic rings. The van der Waals surface area contributed by atoms with E-state index in [4.69, 9.17) is 10.2 Å². The van der Waals surface area contributed by atoms with E-state index in [1.165, 1.54) is 22.8 Å². The molecule has 1 heterocycles. The molecule has 130 valence electrons. The Balaban J connectivity index is 2.00. The van der Waals surface area contributed by atoms with E-state index in [-0.39, 0.29) is 30.1 Å². The van der Waals surface area contributed by atoms with E-state index in [1.54, 1.807) is 0 Å². The van der Waals surface area contributed by atoms with Gasteiger partial charge in [0.1, 0.15) is 0 Å². The van der Waals surface area contributed by atoms with Gasteiger partial charge >= 0.3 is 5.76 Å². The Morgan fingerprint density at radius 1 is 1.46 bits per heavy atom. The van der Waals surface area contributed by atoms with Crippen LogP contribution in [-0.2, 0) is 11.3 Å². The number of amides is 1. The lowest BCUT2D eigenvalue weighted by Crippen LogP contribution is -2.45. The second kappa shape index (κ2) is 6.83. The summed E-state index contributed by atoms with van der Waals surface area (Å²) in [5.74, 6) is -0.751. The number of benzene rings is 1. The number of nitro groups is 1. The minimum absolute atomic E-state index is 0.146. The Labute approximate surface area is 137 Å². The van der Waals surface area contributed by atoms with Gasteiger partial charge in [-0.25, -0.2) is 4.79 Å². The van der Waals surface area contributed by atoms with Crippen molar-refractivity contribution in [2.75, 3.05) is 6.54 Å². The standard InChI is InChI=1S/C15H20N4O5/c1-15(2,16)9-17-13(20)4-3-7-18-11-6-5-10(19(22)23)8-12(11)24-14(18)21/h5-6,8H,3-4,7,9,16H2,1-2H3,(H,17,20). The molecule has 9 nitrogen and oxygen atoms in total. The van der Waals surface area contributed by atoms with Crippen LogP contribution < -0.4 is 16.8 Å². The fourth-order valence-electron chi connectivity index (χ4n) is 2.19. The average Bonchev–Trinajstić information content (AvgIpc) is 2.79. The fraction of sp³-hybridized carbons (Fsp3) is 0.467. The average molecular weight is 336 g/mol. The maximum Gasteiger partial charge on any atom is 0.419 e. The Bertz CT molecular complexity index is 815. The number of nitrogens with zero attached hydrogens (tertiary/aromatic N) is 2. The van der Waals surface area contributed by atoms with E-state index in [1.807, 2.05) is 13.8 Å². The van der Waals surface area contributed by atoms with Crippen molar-refractivity contribution in [2.24, 2.45) is 5.73 Å². The second-order valence-corrected chi connectivity index (χ2v) is 6.30. The third-order valence-electron chi connectivity index (χ3n) is 3.39. The molecule has 0 unspecified atom stereocenters. The maximum absolute atomic E-state index is 11.9. The first-order chi connectivity index (χ1) is 11.2. The number of aryl methyl sites for hydroxylation is 1. The molecule has 0 saturated carbocycles. The summed E-state index contributed by atoms with van der Waals surface area (Å²) in [6, 6.07) is 3.99. The van der Waals surface area contributed by atoms with Crippen LogP contribution in [0.3, 0.4) is 0 Å². The first kappa shape index (κ1) is 17.7. The molecular weight excluding hydrogens is 316 g/mol. The number of hydrogen-bond acceptors (Lipinski definition) is 6. The summed E-state index contributed by atoms with van der Waals surface area (Å²) in [4.78, 5) is 33.8. The summed E-state index contributed by atoms with van der Waals surface area (Å²) in [5.41, 5.74) is 5.78. The van der Waals surface area contributed by atoms with Crippen molar-refractivity contribution in [2.45, 2.75) is 38.8 Å². The molecule has 1 amide bonds. The van der Waals surface area contributed by atoms with Crippen LogP contribution in [0.1, 0.15) is 26.7 Å². The number of oxazole rings is 1. The number of nitrogens with one attached hydrogen (secondary N) is 1. The van der Waals surface area contributed by atoms with Crippen molar-refractivity contribution in [3.05, 3.63) is 38.9 Å². The summed E-state index contributed by atoms with van der Waals surface area (Å²) >= 11 is 0. The zero-order valence-corrected chi connectivity index (χ0v) is 13.6. The highest BCUT2D eigenvalue weighted by Gasteiger charge is 2.15. The van der Waals surface area contributed by atoms with Gasteiger partial charge in [0.05, 0.1) is 16.5 Å². The first-order valence-corrected chi connectivity index (χ1v) is 7.51. The van der Waals surface area contributed by atoms with Crippen LogP contribution in [0.25, 0.3) is 11.1 Å². The summed E-state index contributed by atoms with van der Waals surface area (Å²) in [6.07, 6.45) is 0.671. The molecular formula is C15H20N4O5. The van der Waals surface area contributed by atoms with Crippen molar-refractivity contribution >= 4 is 22.7 Å². The van der Waals surface area contributed by atoms with Gasteiger partial charge in [-0.15, -0.1) is 0 Å².